The Balaban J connectivity index is 1.35. The first kappa shape index (κ1) is 16.6. The lowest BCUT2D eigenvalue weighted by Gasteiger charge is -2.36. The van der Waals surface area contributed by atoms with Crippen LogP contribution in [0.15, 0.2) is 48.5 Å². The molecule has 134 valence electrons. The summed E-state index contributed by atoms with van der Waals surface area (Å²) < 4.78 is 13.9. The van der Waals surface area contributed by atoms with Crippen molar-refractivity contribution in [1.29, 1.82) is 0 Å². The van der Waals surface area contributed by atoms with Crippen LogP contribution >= 0.6 is 0 Å². The number of para-hydroxylation sites is 1. The van der Waals surface area contributed by atoms with Gasteiger partial charge in [0, 0.05) is 38.3 Å². The van der Waals surface area contributed by atoms with Crippen molar-refractivity contribution in [2.45, 2.75) is 6.54 Å². The highest BCUT2D eigenvalue weighted by Crippen LogP contribution is 2.23. The van der Waals surface area contributed by atoms with E-state index in [0.717, 1.165) is 5.56 Å². The van der Waals surface area contributed by atoms with Crippen LogP contribution in [-0.4, -0.2) is 54.3 Å². The quantitative estimate of drug-likeness (QED) is 0.849. The maximum atomic E-state index is 13.9. The van der Waals surface area contributed by atoms with E-state index >= 15 is 0 Å². The van der Waals surface area contributed by atoms with Gasteiger partial charge < -0.3 is 14.7 Å². The van der Waals surface area contributed by atoms with Gasteiger partial charge in [-0.1, -0.05) is 30.3 Å². The molecule has 2 amide bonds. The fourth-order valence-corrected chi connectivity index (χ4v) is 3.61. The van der Waals surface area contributed by atoms with Gasteiger partial charge >= 0.3 is 0 Å². The van der Waals surface area contributed by atoms with Crippen molar-refractivity contribution in [2.24, 2.45) is 0 Å². The molecule has 0 aliphatic carbocycles. The molecule has 0 N–H and O–H groups in total. The summed E-state index contributed by atoms with van der Waals surface area (Å²) in [5.74, 6) is -0.383. The normalized spacial score (nSPS) is 16.8. The molecule has 6 heteroatoms. The van der Waals surface area contributed by atoms with Crippen LogP contribution < -0.4 is 4.90 Å². The van der Waals surface area contributed by atoms with Crippen LogP contribution in [0, 0.1) is 5.82 Å². The molecule has 26 heavy (non-hydrogen) atoms. The number of benzene rings is 2. The predicted molar refractivity (Wildman–Crippen MR) is 96.4 cm³/mol. The molecule has 1 saturated heterocycles. The van der Waals surface area contributed by atoms with Crippen LogP contribution in [0.5, 0.6) is 0 Å². The van der Waals surface area contributed by atoms with Crippen molar-refractivity contribution >= 4 is 17.5 Å². The molecule has 0 saturated carbocycles. The van der Waals surface area contributed by atoms with Crippen molar-refractivity contribution in [3.8, 4) is 0 Å². The fourth-order valence-electron chi connectivity index (χ4n) is 3.61. The first-order chi connectivity index (χ1) is 12.6. The minimum Gasteiger partial charge on any atom is -0.366 e. The number of carbonyl (C=O) groups is 2. The largest absolute Gasteiger partial charge is 0.366 e. The molecule has 0 spiro atoms. The summed E-state index contributed by atoms with van der Waals surface area (Å²) in [7, 11) is 0. The van der Waals surface area contributed by atoms with E-state index < -0.39 is 0 Å². The number of nitrogens with zero attached hydrogens (tertiary/aromatic N) is 3. The van der Waals surface area contributed by atoms with E-state index in [0.29, 0.717) is 44.0 Å². The molecule has 0 atom stereocenters. The number of hydrogen-bond donors (Lipinski definition) is 0. The number of piperazine rings is 1. The number of fused-ring (bicyclic) bond motifs is 1. The highest BCUT2D eigenvalue weighted by molar-refractivity contribution is 6.00. The summed E-state index contributed by atoms with van der Waals surface area (Å²) in [6, 6.07) is 14.1. The molecule has 0 unspecified atom stereocenters. The van der Waals surface area contributed by atoms with E-state index in [1.165, 1.54) is 6.07 Å². The van der Waals surface area contributed by atoms with E-state index in [4.69, 9.17) is 0 Å². The second-order valence-electron chi connectivity index (χ2n) is 6.64. The van der Waals surface area contributed by atoms with Crippen LogP contribution in [0.1, 0.15) is 15.9 Å². The maximum absolute atomic E-state index is 13.9. The van der Waals surface area contributed by atoms with Gasteiger partial charge in [0.25, 0.3) is 5.91 Å². The number of anilines is 1. The highest BCUT2D eigenvalue weighted by atomic mass is 19.1. The molecule has 0 aromatic heterocycles. The summed E-state index contributed by atoms with van der Waals surface area (Å²) >= 11 is 0. The van der Waals surface area contributed by atoms with Crippen LogP contribution in [0.2, 0.25) is 0 Å². The summed E-state index contributed by atoms with van der Waals surface area (Å²) in [6.07, 6.45) is 0. The van der Waals surface area contributed by atoms with Crippen molar-refractivity contribution in [1.82, 2.24) is 9.80 Å². The summed E-state index contributed by atoms with van der Waals surface area (Å²) in [5, 5.41) is 0. The number of halogens is 1. The molecule has 2 aromatic carbocycles. The van der Waals surface area contributed by atoms with Gasteiger partial charge in [-0.2, -0.15) is 0 Å². The lowest BCUT2D eigenvalue weighted by molar-refractivity contribution is -0.132. The summed E-state index contributed by atoms with van der Waals surface area (Å²) in [5.41, 5.74) is 2.23. The standard InChI is InChI=1S/C20H20FN3O2/c21-17-7-3-4-8-18(17)22-9-11-23(12-10-22)19(25)14-24-13-15-5-1-2-6-16(15)20(24)26/h1-8H,9-14H2. The van der Waals surface area contributed by atoms with Crippen LogP contribution in [0.4, 0.5) is 10.1 Å². The average molecular weight is 353 g/mol. The topological polar surface area (TPSA) is 43.9 Å². The first-order valence-corrected chi connectivity index (χ1v) is 8.78. The SMILES string of the molecule is O=C(CN1Cc2ccccc2C1=O)N1CCN(c2ccccc2F)CC1. The second kappa shape index (κ2) is 6.78. The fraction of sp³-hybridized carbons (Fsp3) is 0.300. The number of amides is 2. The molecule has 4 rings (SSSR count). The molecule has 2 aliphatic rings. The Hall–Kier alpha value is -2.89. The Labute approximate surface area is 151 Å². The van der Waals surface area contributed by atoms with Gasteiger partial charge in [0.2, 0.25) is 5.91 Å². The molecule has 0 bridgehead atoms. The summed E-state index contributed by atoms with van der Waals surface area (Å²) in [6.45, 7) is 2.80. The van der Waals surface area contributed by atoms with Gasteiger partial charge in [-0.15, -0.1) is 0 Å². The minimum absolute atomic E-state index is 0.0562. The number of rotatable bonds is 3. The molecule has 2 heterocycles. The highest BCUT2D eigenvalue weighted by Gasteiger charge is 2.30. The van der Waals surface area contributed by atoms with E-state index in [-0.39, 0.29) is 24.2 Å². The Morgan fingerprint density at radius 1 is 0.962 bits per heavy atom. The van der Waals surface area contributed by atoms with Gasteiger partial charge in [0.05, 0.1) is 5.69 Å². The predicted octanol–water partition coefficient (Wildman–Crippen LogP) is 2.13. The first-order valence-electron chi connectivity index (χ1n) is 8.78. The van der Waals surface area contributed by atoms with Crippen molar-refractivity contribution in [2.75, 3.05) is 37.6 Å². The minimum atomic E-state index is -0.243. The second-order valence-corrected chi connectivity index (χ2v) is 6.64. The lowest BCUT2D eigenvalue weighted by Crippen LogP contribution is -2.51. The zero-order valence-electron chi connectivity index (χ0n) is 14.4. The molecular weight excluding hydrogens is 333 g/mol. The van der Waals surface area contributed by atoms with E-state index in [9.17, 15) is 14.0 Å². The molecule has 2 aliphatic heterocycles. The van der Waals surface area contributed by atoms with E-state index in [1.807, 2.05) is 29.2 Å². The maximum Gasteiger partial charge on any atom is 0.254 e. The zero-order chi connectivity index (χ0) is 18.1. The number of carbonyl (C=O) groups excluding carboxylic acids is 2. The smallest absolute Gasteiger partial charge is 0.254 e. The summed E-state index contributed by atoms with van der Waals surface area (Å²) in [4.78, 5) is 30.3. The van der Waals surface area contributed by atoms with Crippen molar-refractivity contribution < 1.29 is 14.0 Å². The van der Waals surface area contributed by atoms with Crippen molar-refractivity contribution in [3.05, 3.63) is 65.5 Å². The Bertz CT molecular complexity index is 846. The van der Waals surface area contributed by atoms with Crippen LogP contribution in [0.25, 0.3) is 0 Å². The van der Waals surface area contributed by atoms with Gasteiger partial charge in [-0.05, 0) is 23.8 Å². The van der Waals surface area contributed by atoms with Crippen LogP contribution in [0.3, 0.4) is 0 Å². The third-order valence-corrected chi connectivity index (χ3v) is 5.05. The van der Waals surface area contributed by atoms with Gasteiger partial charge in [-0.3, -0.25) is 9.59 Å². The Morgan fingerprint density at radius 3 is 2.38 bits per heavy atom. The van der Waals surface area contributed by atoms with E-state index in [1.54, 1.807) is 28.0 Å². The van der Waals surface area contributed by atoms with Gasteiger partial charge in [-0.25, -0.2) is 4.39 Å². The molecule has 0 radical (unpaired) electrons. The molecule has 2 aromatic rings. The van der Waals surface area contributed by atoms with Gasteiger partial charge in [0.1, 0.15) is 12.4 Å². The van der Waals surface area contributed by atoms with E-state index in [2.05, 4.69) is 0 Å². The zero-order valence-corrected chi connectivity index (χ0v) is 14.4. The molecule has 5 nitrogen and oxygen atoms in total. The Morgan fingerprint density at radius 2 is 1.65 bits per heavy atom. The lowest BCUT2D eigenvalue weighted by atomic mass is 10.1. The average Bonchev–Trinajstić information content (AvgIpc) is 2.98. The third kappa shape index (κ3) is 3.03. The van der Waals surface area contributed by atoms with Crippen LogP contribution in [-0.2, 0) is 11.3 Å². The molecule has 1 fully saturated rings. The Kier molecular flexibility index (Phi) is 4.32. The van der Waals surface area contributed by atoms with Gasteiger partial charge in [0.15, 0.2) is 0 Å². The third-order valence-electron chi connectivity index (χ3n) is 5.05. The van der Waals surface area contributed by atoms with Crippen molar-refractivity contribution in [3.63, 3.8) is 0 Å². The monoisotopic (exact) mass is 353 g/mol. The molecular formula is C20H20FN3O2. The number of hydrogen-bond acceptors (Lipinski definition) is 3.